The standard InChI is InChI=1S/C33H34F2N6O5/c1-33(2,44)18-45-23-12-13-24-25(17-23)41(32(34)35)38-28(24)30(43)37-21-8-10-22(11-9-21)46-31-27(29(36)42)26-16-20(14-15-40(26)39-31)19-6-4-3-5-7-19/h3-7,12-17,21-22,32,44H,8-11,18H2,1-2H3,(H2,36,42)(H,37,43)/t21-,22-. The molecule has 0 unspecified atom stereocenters. The monoisotopic (exact) mass is 632 g/mol. The minimum Gasteiger partial charge on any atom is -0.491 e. The molecule has 3 heterocycles. The Labute approximate surface area is 262 Å². The zero-order valence-corrected chi connectivity index (χ0v) is 25.3. The van der Waals surface area contributed by atoms with E-state index < -0.39 is 24.0 Å². The van der Waals surface area contributed by atoms with Gasteiger partial charge in [0.25, 0.3) is 11.8 Å². The van der Waals surface area contributed by atoms with Gasteiger partial charge in [-0.15, -0.1) is 5.10 Å². The number of carbonyl (C=O) groups excluding carboxylic acids is 2. The number of ether oxygens (including phenoxy) is 2. The number of fused-ring (bicyclic) bond motifs is 2. The van der Waals surface area contributed by atoms with Crippen LogP contribution in [-0.2, 0) is 0 Å². The number of nitrogens with one attached hydrogen (secondary N) is 1. The van der Waals surface area contributed by atoms with E-state index in [1.165, 1.54) is 12.1 Å². The van der Waals surface area contributed by atoms with Gasteiger partial charge in [-0.05, 0) is 74.9 Å². The van der Waals surface area contributed by atoms with E-state index in [4.69, 9.17) is 15.2 Å². The Kier molecular flexibility index (Phi) is 8.34. The van der Waals surface area contributed by atoms with Crippen LogP contribution in [0.25, 0.3) is 27.5 Å². The summed E-state index contributed by atoms with van der Waals surface area (Å²) in [6, 6.07) is 17.7. The molecule has 0 radical (unpaired) electrons. The fraction of sp³-hybridized carbons (Fsp3) is 0.333. The van der Waals surface area contributed by atoms with Gasteiger partial charge in [0.15, 0.2) is 5.69 Å². The first-order valence-corrected chi connectivity index (χ1v) is 15.0. The minimum atomic E-state index is -2.98. The Balaban J connectivity index is 1.13. The highest BCUT2D eigenvalue weighted by Crippen LogP contribution is 2.31. The van der Waals surface area contributed by atoms with Gasteiger partial charge in [0.05, 0.1) is 16.6 Å². The van der Waals surface area contributed by atoms with Crippen molar-refractivity contribution >= 4 is 28.2 Å². The third kappa shape index (κ3) is 6.50. The molecular formula is C33H34F2N6O5. The van der Waals surface area contributed by atoms with Crippen molar-refractivity contribution in [3.05, 3.63) is 78.1 Å². The summed E-state index contributed by atoms with van der Waals surface area (Å²) in [5, 5.41) is 21.5. The maximum atomic E-state index is 13.8. The lowest BCUT2D eigenvalue weighted by atomic mass is 9.92. The van der Waals surface area contributed by atoms with E-state index in [9.17, 15) is 23.5 Å². The molecule has 13 heteroatoms. The molecule has 5 aromatic rings. The second kappa shape index (κ2) is 12.4. The average molecular weight is 633 g/mol. The normalized spacial score (nSPS) is 17.0. The highest BCUT2D eigenvalue weighted by Gasteiger charge is 2.29. The molecule has 46 heavy (non-hydrogen) atoms. The van der Waals surface area contributed by atoms with Gasteiger partial charge in [-0.3, -0.25) is 9.59 Å². The van der Waals surface area contributed by atoms with E-state index in [-0.39, 0.29) is 52.5 Å². The summed E-state index contributed by atoms with van der Waals surface area (Å²) in [7, 11) is 0. The summed E-state index contributed by atoms with van der Waals surface area (Å²) >= 11 is 0. The first-order chi connectivity index (χ1) is 22.0. The van der Waals surface area contributed by atoms with Gasteiger partial charge in [0.1, 0.15) is 24.0 Å². The molecule has 1 aliphatic carbocycles. The number of rotatable bonds is 10. The van der Waals surface area contributed by atoms with E-state index in [0.717, 1.165) is 11.1 Å². The summed E-state index contributed by atoms with van der Waals surface area (Å²) in [4.78, 5) is 25.7. The molecule has 0 spiro atoms. The van der Waals surface area contributed by atoms with E-state index >= 15 is 0 Å². The lowest BCUT2D eigenvalue weighted by molar-refractivity contribution is 0.0284. The number of benzene rings is 2. The first-order valence-electron chi connectivity index (χ1n) is 15.0. The van der Waals surface area contributed by atoms with Crippen LogP contribution in [0, 0.1) is 0 Å². The smallest absolute Gasteiger partial charge is 0.333 e. The molecule has 240 valence electrons. The molecule has 1 aliphatic rings. The number of hydrogen-bond acceptors (Lipinski definition) is 7. The zero-order valence-electron chi connectivity index (χ0n) is 25.3. The molecule has 0 bridgehead atoms. The van der Waals surface area contributed by atoms with Crippen molar-refractivity contribution in [2.75, 3.05) is 6.61 Å². The SMILES string of the molecule is CC(C)(O)COc1ccc2c(C(=O)N[C@H]3CC[C@H](Oc4nn5ccc(-c6ccccc6)cc5c4C(N)=O)CC3)nn(C(F)F)c2c1. The van der Waals surface area contributed by atoms with Crippen LogP contribution in [0.15, 0.2) is 66.9 Å². The van der Waals surface area contributed by atoms with Gasteiger partial charge < -0.3 is 25.6 Å². The van der Waals surface area contributed by atoms with Crippen molar-refractivity contribution < 1.29 is 33.0 Å². The molecule has 0 atom stereocenters. The van der Waals surface area contributed by atoms with Crippen LogP contribution >= 0.6 is 0 Å². The van der Waals surface area contributed by atoms with Gasteiger partial charge in [0.2, 0.25) is 5.88 Å². The molecule has 6 rings (SSSR count). The van der Waals surface area contributed by atoms with Gasteiger partial charge in [-0.25, -0.2) is 9.20 Å². The Morgan fingerprint density at radius 2 is 1.76 bits per heavy atom. The highest BCUT2D eigenvalue weighted by molar-refractivity contribution is 6.05. The Morgan fingerprint density at radius 1 is 1.02 bits per heavy atom. The van der Waals surface area contributed by atoms with Crippen molar-refractivity contribution in [3.63, 3.8) is 0 Å². The molecule has 3 aromatic heterocycles. The lowest BCUT2D eigenvalue weighted by Gasteiger charge is -2.28. The number of nitrogens with zero attached hydrogens (tertiary/aromatic N) is 4. The molecule has 1 saturated carbocycles. The maximum absolute atomic E-state index is 13.8. The van der Waals surface area contributed by atoms with Crippen LogP contribution in [0.4, 0.5) is 8.78 Å². The minimum absolute atomic E-state index is 0.0408. The molecule has 2 amide bonds. The number of aliphatic hydroxyl groups is 1. The van der Waals surface area contributed by atoms with Crippen LogP contribution in [0.5, 0.6) is 11.6 Å². The summed E-state index contributed by atoms with van der Waals surface area (Å²) < 4.78 is 41.5. The Morgan fingerprint density at radius 3 is 2.43 bits per heavy atom. The number of halogens is 2. The fourth-order valence-electron chi connectivity index (χ4n) is 5.67. The van der Waals surface area contributed by atoms with E-state index in [1.807, 2.05) is 42.5 Å². The molecule has 0 aliphatic heterocycles. The molecule has 0 saturated heterocycles. The second-order valence-electron chi connectivity index (χ2n) is 12.1. The maximum Gasteiger partial charge on any atom is 0.333 e. The molecular weight excluding hydrogens is 598 g/mol. The number of hydrogen-bond donors (Lipinski definition) is 3. The number of carbonyl (C=O) groups is 2. The molecule has 4 N–H and O–H groups in total. The predicted molar refractivity (Wildman–Crippen MR) is 166 cm³/mol. The second-order valence-corrected chi connectivity index (χ2v) is 12.1. The molecule has 1 fully saturated rings. The van der Waals surface area contributed by atoms with Crippen LogP contribution in [0.3, 0.4) is 0 Å². The number of amides is 2. The first kappa shape index (κ1) is 31.0. The van der Waals surface area contributed by atoms with Crippen molar-refractivity contribution in [3.8, 4) is 22.8 Å². The van der Waals surface area contributed by atoms with Gasteiger partial charge in [0, 0.05) is 23.7 Å². The summed E-state index contributed by atoms with van der Waals surface area (Å²) in [5.74, 6) is -0.796. The number of pyridine rings is 1. The third-order valence-electron chi connectivity index (χ3n) is 7.92. The van der Waals surface area contributed by atoms with Gasteiger partial charge in [-0.1, -0.05) is 30.3 Å². The topological polar surface area (TPSA) is 146 Å². The van der Waals surface area contributed by atoms with Crippen LogP contribution in [0.2, 0.25) is 0 Å². The average Bonchev–Trinajstić information content (AvgIpc) is 3.59. The van der Waals surface area contributed by atoms with Crippen molar-refractivity contribution in [2.45, 2.75) is 63.8 Å². The van der Waals surface area contributed by atoms with E-state index in [2.05, 4.69) is 15.5 Å². The fourth-order valence-corrected chi connectivity index (χ4v) is 5.67. The lowest BCUT2D eigenvalue weighted by Crippen LogP contribution is -2.40. The van der Waals surface area contributed by atoms with Gasteiger partial charge >= 0.3 is 6.55 Å². The number of nitrogens with two attached hydrogens (primary N) is 1. The summed E-state index contributed by atoms with van der Waals surface area (Å²) in [6.07, 6.45) is 3.70. The predicted octanol–water partition coefficient (Wildman–Crippen LogP) is 5.11. The molecule has 11 nitrogen and oxygen atoms in total. The van der Waals surface area contributed by atoms with E-state index in [1.54, 1.807) is 30.6 Å². The largest absolute Gasteiger partial charge is 0.491 e. The Bertz CT molecular complexity index is 1890. The van der Waals surface area contributed by atoms with Crippen LogP contribution < -0.4 is 20.5 Å². The van der Waals surface area contributed by atoms with Crippen LogP contribution in [-0.4, -0.2) is 60.7 Å². The summed E-state index contributed by atoms with van der Waals surface area (Å²) in [6.45, 7) is 0.111. The Hall–Kier alpha value is -5.04. The quantitative estimate of drug-likeness (QED) is 0.194. The molecule has 2 aromatic carbocycles. The number of primary amides is 1. The van der Waals surface area contributed by atoms with Crippen LogP contribution in [0.1, 0.15) is 66.9 Å². The number of alkyl halides is 2. The van der Waals surface area contributed by atoms with Crippen molar-refractivity contribution in [1.29, 1.82) is 0 Å². The highest BCUT2D eigenvalue weighted by atomic mass is 19.3. The zero-order chi connectivity index (χ0) is 32.6. The van der Waals surface area contributed by atoms with E-state index in [0.29, 0.717) is 35.9 Å². The third-order valence-corrected chi connectivity index (χ3v) is 7.92. The van der Waals surface area contributed by atoms with Gasteiger partial charge in [-0.2, -0.15) is 13.9 Å². The summed E-state index contributed by atoms with van der Waals surface area (Å²) in [5.41, 5.74) is 7.20. The number of aromatic nitrogens is 4. The van der Waals surface area contributed by atoms with Crippen molar-refractivity contribution in [2.24, 2.45) is 5.73 Å². The van der Waals surface area contributed by atoms with Crippen molar-refractivity contribution in [1.82, 2.24) is 24.7 Å².